The average molecular weight is 388 g/mol. The molecule has 0 saturated carbocycles. The highest BCUT2D eigenvalue weighted by Gasteiger charge is 2.11. The van der Waals surface area contributed by atoms with Crippen molar-refractivity contribution in [1.82, 2.24) is 19.9 Å². The van der Waals surface area contributed by atoms with E-state index >= 15 is 0 Å². The van der Waals surface area contributed by atoms with Gasteiger partial charge in [-0.2, -0.15) is 0 Å². The summed E-state index contributed by atoms with van der Waals surface area (Å²) in [6.45, 7) is 1.18. The van der Waals surface area contributed by atoms with Crippen LogP contribution in [0.1, 0.15) is 28.2 Å². The van der Waals surface area contributed by atoms with Gasteiger partial charge in [-0.1, -0.05) is 24.3 Å². The van der Waals surface area contributed by atoms with Crippen molar-refractivity contribution in [2.24, 2.45) is 0 Å². The van der Waals surface area contributed by atoms with E-state index in [-0.39, 0.29) is 11.7 Å². The molecule has 2 aromatic heterocycles. The predicted octanol–water partition coefficient (Wildman–Crippen LogP) is 3.98. The fourth-order valence-electron chi connectivity index (χ4n) is 3.32. The van der Waals surface area contributed by atoms with E-state index in [0.717, 1.165) is 35.3 Å². The summed E-state index contributed by atoms with van der Waals surface area (Å²) >= 11 is 0. The molecule has 0 fully saturated rings. The Morgan fingerprint density at radius 3 is 2.55 bits per heavy atom. The minimum atomic E-state index is -0.241. The number of halogens is 1. The van der Waals surface area contributed by atoms with Crippen molar-refractivity contribution >= 4 is 16.9 Å². The van der Waals surface area contributed by atoms with Crippen LogP contribution in [-0.2, 0) is 13.0 Å². The number of para-hydroxylation sites is 2. The van der Waals surface area contributed by atoms with Crippen LogP contribution in [0.3, 0.4) is 0 Å². The lowest BCUT2D eigenvalue weighted by atomic mass is 10.2. The fraction of sp³-hybridized carbons (Fsp3) is 0.174. The summed E-state index contributed by atoms with van der Waals surface area (Å²) < 4.78 is 15.4. The molecule has 6 heteroatoms. The van der Waals surface area contributed by atoms with Crippen LogP contribution >= 0.6 is 0 Å². The molecular formula is C23H21FN4O. The van der Waals surface area contributed by atoms with Gasteiger partial charge in [0.1, 0.15) is 11.6 Å². The van der Waals surface area contributed by atoms with Crippen LogP contribution in [0.5, 0.6) is 0 Å². The third kappa shape index (κ3) is 4.48. The van der Waals surface area contributed by atoms with Crippen LogP contribution < -0.4 is 5.32 Å². The summed E-state index contributed by atoms with van der Waals surface area (Å²) in [6.07, 6.45) is 4.70. The maximum Gasteiger partial charge on any atom is 0.251 e. The molecule has 0 spiro atoms. The standard InChI is InChI=1S/C23H21FN4O/c24-19-9-7-17(8-10-19)16-28-21-5-2-1-4-20(21)27-22(28)6-3-13-26-23(29)18-11-14-25-15-12-18/h1-2,4-5,7-12,14-15H,3,6,13,16H2,(H,26,29). The Hall–Kier alpha value is -3.54. The molecule has 29 heavy (non-hydrogen) atoms. The number of nitrogens with one attached hydrogen (secondary N) is 1. The SMILES string of the molecule is O=C(NCCCc1nc2ccccc2n1Cc1ccc(F)cc1)c1ccncc1. The smallest absolute Gasteiger partial charge is 0.251 e. The molecule has 1 N–H and O–H groups in total. The Balaban J connectivity index is 1.45. The molecule has 0 atom stereocenters. The van der Waals surface area contributed by atoms with E-state index in [2.05, 4.69) is 14.9 Å². The lowest BCUT2D eigenvalue weighted by Gasteiger charge is -2.10. The minimum absolute atomic E-state index is 0.104. The van der Waals surface area contributed by atoms with Gasteiger partial charge < -0.3 is 9.88 Å². The van der Waals surface area contributed by atoms with Gasteiger partial charge in [0.2, 0.25) is 0 Å². The number of amides is 1. The van der Waals surface area contributed by atoms with Gasteiger partial charge in [0.05, 0.1) is 11.0 Å². The van der Waals surface area contributed by atoms with E-state index in [4.69, 9.17) is 4.98 Å². The molecule has 5 nitrogen and oxygen atoms in total. The number of rotatable bonds is 7. The largest absolute Gasteiger partial charge is 0.352 e. The number of carbonyl (C=O) groups is 1. The molecule has 0 aliphatic heterocycles. The quantitative estimate of drug-likeness (QED) is 0.487. The Kier molecular flexibility index (Phi) is 5.61. The third-order valence-electron chi connectivity index (χ3n) is 4.79. The molecule has 0 saturated heterocycles. The van der Waals surface area contributed by atoms with Crippen molar-refractivity contribution < 1.29 is 9.18 Å². The van der Waals surface area contributed by atoms with Gasteiger partial charge in [-0.3, -0.25) is 9.78 Å². The second-order valence-electron chi connectivity index (χ2n) is 6.82. The van der Waals surface area contributed by atoms with E-state index in [0.29, 0.717) is 18.7 Å². The molecule has 4 rings (SSSR count). The zero-order valence-corrected chi connectivity index (χ0v) is 15.9. The number of carbonyl (C=O) groups excluding carboxylic acids is 1. The number of aromatic nitrogens is 3. The molecule has 2 heterocycles. The van der Waals surface area contributed by atoms with E-state index in [1.807, 2.05) is 24.3 Å². The second-order valence-corrected chi connectivity index (χ2v) is 6.82. The van der Waals surface area contributed by atoms with Crippen molar-refractivity contribution in [3.8, 4) is 0 Å². The van der Waals surface area contributed by atoms with E-state index in [1.165, 1.54) is 12.1 Å². The summed E-state index contributed by atoms with van der Waals surface area (Å²) in [7, 11) is 0. The fourth-order valence-corrected chi connectivity index (χ4v) is 3.32. The highest BCUT2D eigenvalue weighted by Crippen LogP contribution is 2.19. The first-order valence-corrected chi connectivity index (χ1v) is 9.57. The van der Waals surface area contributed by atoms with Crippen molar-refractivity contribution in [2.45, 2.75) is 19.4 Å². The zero-order valence-electron chi connectivity index (χ0n) is 15.9. The van der Waals surface area contributed by atoms with Gasteiger partial charge in [0.25, 0.3) is 5.91 Å². The molecule has 0 aliphatic rings. The van der Waals surface area contributed by atoms with Crippen LogP contribution in [-0.4, -0.2) is 27.0 Å². The van der Waals surface area contributed by atoms with Crippen LogP contribution in [0.4, 0.5) is 4.39 Å². The van der Waals surface area contributed by atoms with Gasteiger partial charge in [0, 0.05) is 37.5 Å². The average Bonchev–Trinajstić information content (AvgIpc) is 3.10. The number of hydrogen-bond donors (Lipinski definition) is 1. The van der Waals surface area contributed by atoms with Gasteiger partial charge in [-0.15, -0.1) is 0 Å². The Bertz CT molecular complexity index is 1110. The number of imidazole rings is 1. The van der Waals surface area contributed by atoms with Crippen molar-refractivity contribution in [3.05, 3.63) is 95.8 Å². The van der Waals surface area contributed by atoms with Crippen molar-refractivity contribution in [3.63, 3.8) is 0 Å². The maximum absolute atomic E-state index is 13.2. The Labute approximate surface area is 168 Å². The number of hydrogen-bond acceptors (Lipinski definition) is 3. The highest BCUT2D eigenvalue weighted by molar-refractivity contribution is 5.93. The Morgan fingerprint density at radius 2 is 1.76 bits per heavy atom. The topological polar surface area (TPSA) is 59.8 Å². The van der Waals surface area contributed by atoms with Crippen molar-refractivity contribution in [1.29, 1.82) is 0 Å². The van der Waals surface area contributed by atoms with E-state index in [9.17, 15) is 9.18 Å². The van der Waals surface area contributed by atoms with Crippen LogP contribution in [0, 0.1) is 5.82 Å². The first-order chi connectivity index (χ1) is 14.2. The number of fused-ring (bicyclic) bond motifs is 1. The lowest BCUT2D eigenvalue weighted by molar-refractivity contribution is 0.0953. The molecule has 1 amide bonds. The van der Waals surface area contributed by atoms with E-state index < -0.39 is 0 Å². The summed E-state index contributed by atoms with van der Waals surface area (Å²) in [5.41, 5.74) is 3.60. The minimum Gasteiger partial charge on any atom is -0.352 e. The molecule has 0 bridgehead atoms. The zero-order chi connectivity index (χ0) is 20.1. The van der Waals surface area contributed by atoms with Crippen LogP contribution in [0.25, 0.3) is 11.0 Å². The molecule has 0 unspecified atom stereocenters. The maximum atomic E-state index is 13.2. The second kappa shape index (κ2) is 8.65. The molecule has 4 aromatic rings. The predicted molar refractivity (Wildman–Crippen MR) is 110 cm³/mol. The molecule has 2 aromatic carbocycles. The lowest BCUT2D eigenvalue weighted by Crippen LogP contribution is -2.25. The van der Waals surface area contributed by atoms with Gasteiger partial charge in [-0.05, 0) is 48.4 Å². The Morgan fingerprint density at radius 1 is 1.00 bits per heavy atom. The molecular weight excluding hydrogens is 367 g/mol. The molecule has 146 valence electrons. The number of aryl methyl sites for hydroxylation is 1. The number of benzene rings is 2. The van der Waals surface area contributed by atoms with Gasteiger partial charge >= 0.3 is 0 Å². The first-order valence-electron chi connectivity index (χ1n) is 9.57. The van der Waals surface area contributed by atoms with Crippen LogP contribution in [0.2, 0.25) is 0 Å². The summed E-state index contributed by atoms with van der Waals surface area (Å²) in [5.74, 6) is 0.607. The summed E-state index contributed by atoms with van der Waals surface area (Å²) in [6, 6.07) is 17.9. The highest BCUT2D eigenvalue weighted by atomic mass is 19.1. The van der Waals surface area contributed by atoms with E-state index in [1.54, 1.807) is 36.7 Å². The first kappa shape index (κ1) is 18.8. The monoisotopic (exact) mass is 388 g/mol. The summed E-state index contributed by atoms with van der Waals surface area (Å²) in [4.78, 5) is 20.8. The molecule has 0 radical (unpaired) electrons. The molecule has 0 aliphatic carbocycles. The normalized spacial score (nSPS) is 10.9. The number of pyridine rings is 1. The van der Waals surface area contributed by atoms with Crippen LogP contribution in [0.15, 0.2) is 73.1 Å². The summed E-state index contributed by atoms with van der Waals surface area (Å²) in [5, 5.41) is 2.93. The van der Waals surface area contributed by atoms with Gasteiger partial charge in [-0.25, -0.2) is 9.37 Å². The van der Waals surface area contributed by atoms with Crippen molar-refractivity contribution in [2.75, 3.05) is 6.54 Å². The van der Waals surface area contributed by atoms with Gasteiger partial charge in [0.15, 0.2) is 0 Å². The number of nitrogens with zero attached hydrogens (tertiary/aromatic N) is 3. The third-order valence-corrected chi connectivity index (χ3v) is 4.79.